The number of hydrogen-bond donors (Lipinski definition) is 2. The van der Waals surface area contributed by atoms with E-state index in [1.54, 1.807) is 0 Å². The van der Waals surface area contributed by atoms with E-state index in [4.69, 9.17) is 5.73 Å². The first-order chi connectivity index (χ1) is 7.95. The van der Waals surface area contributed by atoms with Gasteiger partial charge in [-0.05, 0) is 18.2 Å². The molecule has 0 saturated carbocycles. The maximum Gasteiger partial charge on any atom is 0.254 e. The molecule has 0 atom stereocenters. The fraction of sp³-hybridized carbons (Fsp3) is 0.273. The second-order valence-electron chi connectivity index (χ2n) is 3.57. The molecule has 0 heterocycles. The zero-order valence-electron chi connectivity index (χ0n) is 9.66. The van der Waals surface area contributed by atoms with Crippen molar-refractivity contribution in [2.24, 2.45) is 0 Å². The first-order valence-corrected chi connectivity index (χ1v) is 4.96. The van der Waals surface area contributed by atoms with Gasteiger partial charge in [-0.1, -0.05) is 0 Å². The molecule has 1 aromatic rings. The average Bonchev–Trinajstić information content (AvgIpc) is 2.31. The summed E-state index contributed by atoms with van der Waals surface area (Å²) in [6.07, 6.45) is 0. The van der Waals surface area contributed by atoms with Crippen LogP contribution in [0.1, 0.15) is 10.4 Å². The number of nitrogens with zero attached hydrogens (tertiary/aromatic N) is 1. The third-order valence-corrected chi connectivity index (χ3v) is 2.25. The number of nitrogen functional groups attached to an aromatic ring is 1. The molecule has 0 spiro atoms. The van der Waals surface area contributed by atoms with Gasteiger partial charge in [0.1, 0.15) is 5.82 Å². The van der Waals surface area contributed by atoms with E-state index in [-0.39, 0.29) is 23.7 Å². The van der Waals surface area contributed by atoms with Crippen LogP contribution in [0.5, 0.6) is 0 Å². The molecule has 0 fully saturated rings. The number of amides is 2. The van der Waals surface area contributed by atoms with Crippen molar-refractivity contribution in [2.45, 2.75) is 0 Å². The largest absolute Gasteiger partial charge is 0.396 e. The normalized spacial score (nSPS) is 9.82. The molecule has 1 aromatic carbocycles. The molecule has 0 saturated heterocycles. The number of halogens is 1. The van der Waals surface area contributed by atoms with Gasteiger partial charge >= 0.3 is 0 Å². The summed E-state index contributed by atoms with van der Waals surface area (Å²) in [6.45, 7) is -0.0820. The summed E-state index contributed by atoms with van der Waals surface area (Å²) in [5.74, 6) is -1.38. The molecule has 2 amide bonds. The lowest BCUT2D eigenvalue weighted by Gasteiger charge is -2.16. The SMILES string of the molecule is CNC(=O)CN(C)C(=O)c1ccc(N)c(F)c1. The Morgan fingerprint density at radius 2 is 2.12 bits per heavy atom. The molecular weight excluding hydrogens is 225 g/mol. The molecule has 0 bridgehead atoms. The standard InChI is InChI=1S/C11H14FN3O2/c1-14-10(16)6-15(2)11(17)7-3-4-9(13)8(12)5-7/h3-5H,6,13H2,1-2H3,(H,14,16). The van der Waals surface area contributed by atoms with Crippen LogP contribution in [-0.4, -0.2) is 37.4 Å². The van der Waals surface area contributed by atoms with E-state index in [9.17, 15) is 14.0 Å². The third kappa shape index (κ3) is 3.17. The highest BCUT2D eigenvalue weighted by Crippen LogP contribution is 2.13. The van der Waals surface area contributed by atoms with Crippen molar-refractivity contribution in [2.75, 3.05) is 26.4 Å². The van der Waals surface area contributed by atoms with Crippen LogP contribution in [0.2, 0.25) is 0 Å². The van der Waals surface area contributed by atoms with Gasteiger partial charge in [-0.25, -0.2) is 4.39 Å². The number of anilines is 1. The molecule has 0 aliphatic rings. The van der Waals surface area contributed by atoms with E-state index in [0.29, 0.717) is 0 Å². The second kappa shape index (κ2) is 5.29. The minimum absolute atomic E-state index is 0.0181. The van der Waals surface area contributed by atoms with Crippen molar-refractivity contribution in [1.29, 1.82) is 0 Å². The van der Waals surface area contributed by atoms with Crippen molar-refractivity contribution in [3.63, 3.8) is 0 Å². The molecule has 0 unspecified atom stereocenters. The van der Waals surface area contributed by atoms with Gasteiger partial charge in [-0.2, -0.15) is 0 Å². The summed E-state index contributed by atoms with van der Waals surface area (Å²) < 4.78 is 13.2. The number of nitrogens with one attached hydrogen (secondary N) is 1. The number of benzene rings is 1. The summed E-state index contributed by atoms with van der Waals surface area (Å²) >= 11 is 0. The number of carbonyl (C=O) groups is 2. The predicted molar refractivity (Wildman–Crippen MR) is 61.8 cm³/mol. The Morgan fingerprint density at radius 3 is 2.65 bits per heavy atom. The lowest BCUT2D eigenvalue weighted by molar-refractivity contribution is -0.121. The maximum absolute atomic E-state index is 13.2. The van der Waals surface area contributed by atoms with Crippen LogP contribution in [0.3, 0.4) is 0 Å². The summed E-state index contributed by atoms with van der Waals surface area (Å²) in [4.78, 5) is 24.1. The van der Waals surface area contributed by atoms with Gasteiger partial charge in [0.2, 0.25) is 5.91 Å². The van der Waals surface area contributed by atoms with Crippen molar-refractivity contribution < 1.29 is 14.0 Å². The predicted octanol–water partition coefficient (Wildman–Crippen LogP) is 0.226. The lowest BCUT2D eigenvalue weighted by Crippen LogP contribution is -2.36. The third-order valence-electron chi connectivity index (χ3n) is 2.25. The molecule has 3 N–H and O–H groups in total. The Balaban J connectivity index is 2.81. The van der Waals surface area contributed by atoms with Crippen molar-refractivity contribution in [1.82, 2.24) is 10.2 Å². The van der Waals surface area contributed by atoms with E-state index >= 15 is 0 Å². The van der Waals surface area contributed by atoms with Crippen molar-refractivity contribution in [3.05, 3.63) is 29.6 Å². The number of nitrogens with two attached hydrogens (primary N) is 1. The number of likely N-dealkylation sites (N-methyl/N-ethyl adjacent to an activating group) is 2. The zero-order valence-corrected chi connectivity index (χ0v) is 9.66. The molecule has 0 radical (unpaired) electrons. The molecule has 0 aliphatic heterocycles. The Hall–Kier alpha value is -2.11. The van der Waals surface area contributed by atoms with Crippen LogP contribution in [0, 0.1) is 5.82 Å². The Morgan fingerprint density at radius 1 is 1.47 bits per heavy atom. The molecule has 5 nitrogen and oxygen atoms in total. The second-order valence-corrected chi connectivity index (χ2v) is 3.57. The Labute approximate surface area is 98.4 Å². The fourth-order valence-corrected chi connectivity index (χ4v) is 1.25. The van der Waals surface area contributed by atoms with Crippen LogP contribution < -0.4 is 11.1 Å². The van der Waals surface area contributed by atoms with Crippen molar-refractivity contribution in [3.8, 4) is 0 Å². The summed E-state index contributed by atoms with van der Waals surface area (Å²) in [5, 5.41) is 2.40. The van der Waals surface area contributed by atoms with E-state index in [2.05, 4.69) is 5.32 Å². The highest BCUT2D eigenvalue weighted by Gasteiger charge is 2.15. The van der Waals surface area contributed by atoms with Gasteiger partial charge in [0, 0.05) is 19.7 Å². The summed E-state index contributed by atoms with van der Waals surface area (Å²) in [6, 6.07) is 3.79. The van der Waals surface area contributed by atoms with Crippen LogP contribution in [-0.2, 0) is 4.79 Å². The minimum Gasteiger partial charge on any atom is -0.396 e. The maximum atomic E-state index is 13.2. The number of rotatable bonds is 3. The average molecular weight is 239 g/mol. The van der Waals surface area contributed by atoms with Gasteiger partial charge < -0.3 is 16.0 Å². The number of hydrogen-bond acceptors (Lipinski definition) is 3. The van der Waals surface area contributed by atoms with Crippen LogP contribution >= 0.6 is 0 Å². The van der Waals surface area contributed by atoms with Gasteiger partial charge in [-0.15, -0.1) is 0 Å². The highest BCUT2D eigenvalue weighted by atomic mass is 19.1. The monoisotopic (exact) mass is 239 g/mol. The Bertz CT molecular complexity index is 448. The smallest absolute Gasteiger partial charge is 0.254 e. The molecule has 0 aromatic heterocycles. The van der Waals surface area contributed by atoms with E-state index in [0.717, 1.165) is 6.07 Å². The van der Waals surface area contributed by atoms with Gasteiger partial charge in [0.15, 0.2) is 0 Å². The van der Waals surface area contributed by atoms with E-state index in [1.807, 2.05) is 0 Å². The molecule has 6 heteroatoms. The summed E-state index contributed by atoms with van der Waals surface area (Å²) in [5.41, 5.74) is 5.44. The quantitative estimate of drug-likeness (QED) is 0.741. The van der Waals surface area contributed by atoms with Gasteiger partial charge in [0.05, 0.1) is 12.2 Å². The van der Waals surface area contributed by atoms with Crippen molar-refractivity contribution >= 4 is 17.5 Å². The van der Waals surface area contributed by atoms with Gasteiger partial charge in [0.25, 0.3) is 5.91 Å². The number of carbonyl (C=O) groups excluding carboxylic acids is 2. The minimum atomic E-state index is -0.649. The van der Waals surface area contributed by atoms with Crippen LogP contribution in [0.15, 0.2) is 18.2 Å². The van der Waals surface area contributed by atoms with E-state index < -0.39 is 11.7 Å². The molecule has 92 valence electrons. The lowest BCUT2D eigenvalue weighted by atomic mass is 10.2. The Kier molecular flexibility index (Phi) is 4.03. The van der Waals surface area contributed by atoms with Gasteiger partial charge in [-0.3, -0.25) is 9.59 Å². The molecule has 0 aliphatic carbocycles. The topological polar surface area (TPSA) is 75.4 Å². The highest BCUT2D eigenvalue weighted by molar-refractivity contribution is 5.96. The molecular formula is C11H14FN3O2. The zero-order chi connectivity index (χ0) is 13.0. The van der Waals surface area contributed by atoms with E-state index in [1.165, 1.54) is 31.1 Å². The first kappa shape index (κ1) is 13.0. The molecule has 17 heavy (non-hydrogen) atoms. The summed E-state index contributed by atoms with van der Waals surface area (Å²) in [7, 11) is 2.94. The first-order valence-electron chi connectivity index (χ1n) is 4.96. The van der Waals surface area contributed by atoms with Crippen LogP contribution in [0.25, 0.3) is 0 Å². The molecule has 1 rings (SSSR count). The fourth-order valence-electron chi connectivity index (χ4n) is 1.25. The van der Waals surface area contributed by atoms with Crippen LogP contribution in [0.4, 0.5) is 10.1 Å².